The quantitative estimate of drug-likeness (QED) is 0.311. The van der Waals surface area contributed by atoms with Crippen molar-refractivity contribution in [1.29, 1.82) is 0 Å². The zero-order valence-electron chi connectivity index (χ0n) is 17.3. The molecule has 2 N–H and O–H groups in total. The molecule has 0 radical (unpaired) electrons. The van der Waals surface area contributed by atoms with Crippen LogP contribution in [0.2, 0.25) is 0 Å². The summed E-state index contributed by atoms with van der Waals surface area (Å²) in [6.45, 7) is 8.25. The van der Waals surface area contributed by atoms with Gasteiger partial charge in [0.25, 0.3) is 0 Å². The number of aliphatic imine (C=N–C) groups is 1. The molecule has 2 rings (SSSR count). The van der Waals surface area contributed by atoms with Crippen LogP contribution in [0.3, 0.4) is 0 Å². The van der Waals surface area contributed by atoms with Crippen molar-refractivity contribution in [3.8, 4) is 0 Å². The first kappa shape index (κ1) is 25.2. The highest BCUT2D eigenvalue weighted by Gasteiger charge is 2.20. The fourth-order valence-electron chi connectivity index (χ4n) is 3.16. The van der Waals surface area contributed by atoms with Crippen LogP contribution in [0.4, 0.5) is 0 Å². The lowest BCUT2D eigenvalue weighted by molar-refractivity contribution is 0.216. The minimum atomic E-state index is -2.89. The Morgan fingerprint density at radius 2 is 1.86 bits per heavy atom. The van der Waals surface area contributed by atoms with E-state index in [4.69, 9.17) is 4.99 Å². The molecule has 160 valence electrons. The van der Waals surface area contributed by atoms with Crippen molar-refractivity contribution >= 4 is 39.8 Å². The zero-order valence-corrected chi connectivity index (χ0v) is 20.4. The number of hydrogen-bond donors (Lipinski definition) is 2. The minimum Gasteiger partial charge on any atom is -0.357 e. The van der Waals surface area contributed by atoms with Crippen molar-refractivity contribution in [2.75, 3.05) is 44.7 Å². The van der Waals surface area contributed by atoms with E-state index >= 15 is 0 Å². The highest BCUT2D eigenvalue weighted by atomic mass is 127. The molecule has 1 fully saturated rings. The Labute approximate surface area is 187 Å². The highest BCUT2D eigenvalue weighted by Crippen LogP contribution is 2.10. The summed E-state index contributed by atoms with van der Waals surface area (Å²) in [5.41, 5.74) is 2.58. The Morgan fingerprint density at radius 3 is 2.43 bits per heavy atom. The van der Waals surface area contributed by atoms with Gasteiger partial charge in [-0.1, -0.05) is 29.8 Å². The Hall–Kier alpha value is -0.870. The molecule has 0 unspecified atom stereocenters. The predicted molar refractivity (Wildman–Crippen MR) is 129 cm³/mol. The van der Waals surface area contributed by atoms with Crippen molar-refractivity contribution in [3.63, 3.8) is 0 Å². The maximum Gasteiger partial charge on any atom is 0.191 e. The van der Waals surface area contributed by atoms with Gasteiger partial charge >= 0.3 is 0 Å². The van der Waals surface area contributed by atoms with Crippen LogP contribution < -0.4 is 10.6 Å². The van der Waals surface area contributed by atoms with Crippen LogP contribution in [-0.4, -0.2) is 70.1 Å². The lowest BCUT2D eigenvalue weighted by Gasteiger charge is -2.32. The number of likely N-dealkylation sites (tertiary alicyclic amines) is 1. The number of benzene rings is 1. The van der Waals surface area contributed by atoms with Crippen LogP contribution in [0.1, 0.15) is 30.9 Å². The molecule has 8 heteroatoms. The molecule has 0 aliphatic carbocycles. The van der Waals surface area contributed by atoms with Gasteiger partial charge in [-0.25, -0.2) is 8.42 Å². The van der Waals surface area contributed by atoms with Crippen LogP contribution in [0.25, 0.3) is 0 Å². The number of nitrogens with zero attached hydrogens (tertiary/aromatic N) is 2. The van der Waals surface area contributed by atoms with E-state index in [2.05, 4.69) is 53.6 Å². The molecule has 0 aromatic heterocycles. The normalized spacial score (nSPS) is 16.5. The second-order valence-corrected chi connectivity index (χ2v) is 9.65. The molecule has 0 atom stereocenters. The molecule has 1 aliphatic heterocycles. The van der Waals surface area contributed by atoms with Crippen molar-refractivity contribution in [3.05, 3.63) is 35.4 Å². The molecular weight excluding hydrogens is 487 g/mol. The van der Waals surface area contributed by atoms with Crippen LogP contribution in [0, 0.1) is 6.92 Å². The van der Waals surface area contributed by atoms with Crippen LogP contribution in [0.15, 0.2) is 29.3 Å². The smallest absolute Gasteiger partial charge is 0.191 e. The van der Waals surface area contributed by atoms with Crippen molar-refractivity contribution in [2.24, 2.45) is 4.99 Å². The SMILES string of the molecule is CCNC(=NCCc1ccc(C)cc1)NC1CCN(CCS(C)(=O)=O)CC1.I. The zero-order chi connectivity index (χ0) is 19.7. The number of rotatable bonds is 8. The van der Waals surface area contributed by atoms with E-state index < -0.39 is 9.84 Å². The second-order valence-electron chi connectivity index (χ2n) is 7.39. The third-order valence-corrected chi connectivity index (χ3v) is 5.77. The predicted octanol–water partition coefficient (Wildman–Crippen LogP) is 2.22. The average molecular weight is 522 g/mol. The number of halogens is 1. The van der Waals surface area contributed by atoms with E-state index in [0.29, 0.717) is 12.6 Å². The summed E-state index contributed by atoms with van der Waals surface area (Å²) in [6, 6.07) is 8.99. The summed E-state index contributed by atoms with van der Waals surface area (Å²) in [5.74, 6) is 1.12. The minimum absolute atomic E-state index is 0. The van der Waals surface area contributed by atoms with Crippen LogP contribution in [0.5, 0.6) is 0 Å². The molecule has 1 aromatic rings. The summed E-state index contributed by atoms with van der Waals surface area (Å²) in [5, 5.41) is 6.87. The van der Waals surface area contributed by atoms with Crippen molar-refractivity contribution < 1.29 is 8.42 Å². The highest BCUT2D eigenvalue weighted by molar-refractivity contribution is 14.0. The third kappa shape index (κ3) is 10.1. The summed E-state index contributed by atoms with van der Waals surface area (Å²) in [7, 11) is -2.89. The Bertz CT molecular complexity index is 699. The second kappa shape index (κ2) is 12.6. The van der Waals surface area contributed by atoms with E-state index in [1.54, 1.807) is 0 Å². The summed E-state index contributed by atoms with van der Waals surface area (Å²) < 4.78 is 22.6. The molecule has 0 bridgehead atoms. The van der Waals surface area contributed by atoms with Crippen LogP contribution >= 0.6 is 24.0 Å². The average Bonchev–Trinajstić information content (AvgIpc) is 2.62. The van der Waals surface area contributed by atoms with Gasteiger partial charge in [0.05, 0.1) is 5.75 Å². The van der Waals surface area contributed by atoms with Gasteiger partial charge in [-0.2, -0.15) is 0 Å². The molecule has 1 heterocycles. The van der Waals surface area contributed by atoms with E-state index in [-0.39, 0.29) is 29.7 Å². The Morgan fingerprint density at radius 1 is 1.21 bits per heavy atom. The standard InChI is InChI=1S/C20H34N4O2S.HI/c1-4-21-20(22-12-9-18-7-5-17(2)6-8-18)23-19-10-13-24(14-11-19)15-16-27(3,25)26;/h5-8,19H,4,9-16H2,1-3H3,(H2,21,22,23);1H. The van der Waals surface area contributed by atoms with E-state index in [1.165, 1.54) is 17.4 Å². The van der Waals surface area contributed by atoms with Gasteiger partial charge < -0.3 is 15.5 Å². The summed E-state index contributed by atoms with van der Waals surface area (Å²) >= 11 is 0. The van der Waals surface area contributed by atoms with Crippen molar-refractivity contribution in [2.45, 2.75) is 39.2 Å². The monoisotopic (exact) mass is 522 g/mol. The number of piperidine rings is 1. The van der Waals surface area contributed by atoms with Gasteiger partial charge in [0.1, 0.15) is 9.84 Å². The van der Waals surface area contributed by atoms with Crippen molar-refractivity contribution in [1.82, 2.24) is 15.5 Å². The van der Waals surface area contributed by atoms with Crippen LogP contribution in [-0.2, 0) is 16.3 Å². The lowest BCUT2D eigenvalue weighted by Crippen LogP contribution is -2.49. The largest absolute Gasteiger partial charge is 0.357 e. The Kier molecular flexibility index (Phi) is 11.4. The first-order valence-corrected chi connectivity index (χ1v) is 11.9. The maximum absolute atomic E-state index is 11.3. The third-order valence-electron chi connectivity index (χ3n) is 4.84. The van der Waals surface area contributed by atoms with Gasteiger partial charge in [-0.15, -0.1) is 24.0 Å². The molecule has 1 aromatic carbocycles. The molecule has 28 heavy (non-hydrogen) atoms. The fourth-order valence-corrected chi connectivity index (χ4v) is 3.75. The van der Waals surface area contributed by atoms with E-state index in [1.807, 2.05) is 0 Å². The van der Waals surface area contributed by atoms with Gasteiger partial charge in [0.15, 0.2) is 5.96 Å². The number of nitrogens with one attached hydrogen (secondary N) is 2. The molecule has 1 aliphatic rings. The number of sulfone groups is 1. The first-order valence-electron chi connectivity index (χ1n) is 9.86. The number of guanidine groups is 1. The topological polar surface area (TPSA) is 73.8 Å². The molecule has 0 spiro atoms. The first-order chi connectivity index (χ1) is 12.9. The van der Waals surface area contributed by atoms with E-state index in [9.17, 15) is 8.42 Å². The van der Waals surface area contributed by atoms with E-state index in [0.717, 1.165) is 51.4 Å². The molecule has 0 saturated carbocycles. The number of hydrogen-bond acceptors (Lipinski definition) is 4. The van der Waals surface area contributed by atoms with Gasteiger partial charge in [0, 0.05) is 45.0 Å². The van der Waals surface area contributed by atoms with Gasteiger partial charge in [-0.05, 0) is 38.7 Å². The number of aryl methyl sites for hydroxylation is 1. The maximum atomic E-state index is 11.3. The summed E-state index contributed by atoms with van der Waals surface area (Å²) in [6.07, 6.45) is 4.25. The molecule has 6 nitrogen and oxygen atoms in total. The molecular formula is C20H35IN4O2S. The fraction of sp³-hybridized carbons (Fsp3) is 0.650. The summed E-state index contributed by atoms with van der Waals surface area (Å²) in [4.78, 5) is 6.95. The molecule has 1 saturated heterocycles. The molecule has 0 amide bonds. The van der Waals surface area contributed by atoms with Gasteiger partial charge in [-0.3, -0.25) is 4.99 Å². The Balaban J connectivity index is 0.00000392. The van der Waals surface area contributed by atoms with Gasteiger partial charge in [0.2, 0.25) is 0 Å². The lowest BCUT2D eigenvalue weighted by atomic mass is 10.1.